The third-order valence-corrected chi connectivity index (χ3v) is 2.41. The Morgan fingerprint density at radius 3 is 2.44 bits per heavy atom. The van der Waals surface area contributed by atoms with Crippen LogP contribution in [0.4, 0.5) is 11.6 Å². The van der Waals surface area contributed by atoms with Crippen molar-refractivity contribution in [3.8, 4) is 0 Å². The van der Waals surface area contributed by atoms with Gasteiger partial charge in [-0.15, -0.1) is 10.2 Å². The van der Waals surface area contributed by atoms with Crippen LogP contribution in [0.3, 0.4) is 0 Å². The Morgan fingerprint density at radius 1 is 1.19 bits per heavy atom. The third kappa shape index (κ3) is 4.02. The summed E-state index contributed by atoms with van der Waals surface area (Å²) in [5.41, 5.74) is 5.51. The molecule has 0 atom stereocenters. The van der Waals surface area contributed by atoms with Gasteiger partial charge in [0.25, 0.3) is 0 Å². The smallest absolute Gasteiger partial charge is 0.151 e. The SMILES string of the molecule is CCN(CCCN(C)C)c1ccc(N)nn1. The van der Waals surface area contributed by atoms with E-state index in [9.17, 15) is 0 Å². The van der Waals surface area contributed by atoms with Crippen LogP contribution in [-0.4, -0.2) is 48.8 Å². The zero-order chi connectivity index (χ0) is 12.0. The molecule has 1 rings (SSSR count). The number of rotatable bonds is 6. The molecular weight excluding hydrogens is 202 g/mol. The van der Waals surface area contributed by atoms with Gasteiger partial charge >= 0.3 is 0 Å². The summed E-state index contributed by atoms with van der Waals surface area (Å²) in [6.07, 6.45) is 1.12. The van der Waals surface area contributed by atoms with Crippen LogP contribution in [0.5, 0.6) is 0 Å². The van der Waals surface area contributed by atoms with Crippen LogP contribution in [0.2, 0.25) is 0 Å². The summed E-state index contributed by atoms with van der Waals surface area (Å²) in [6, 6.07) is 3.71. The first-order chi connectivity index (χ1) is 7.63. The highest BCUT2D eigenvalue weighted by Gasteiger charge is 2.05. The highest BCUT2D eigenvalue weighted by Crippen LogP contribution is 2.10. The molecule has 0 amide bonds. The summed E-state index contributed by atoms with van der Waals surface area (Å²) in [5, 5.41) is 7.95. The van der Waals surface area contributed by atoms with Crippen molar-refractivity contribution >= 4 is 11.6 Å². The molecular formula is C11H21N5. The maximum atomic E-state index is 5.51. The molecule has 90 valence electrons. The van der Waals surface area contributed by atoms with E-state index in [4.69, 9.17) is 5.73 Å². The minimum Gasteiger partial charge on any atom is -0.382 e. The van der Waals surface area contributed by atoms with Crippen LogP contribution < -0.4 is 10.6 Å². The third-order valence-electron chi connectivity index (χ3n) is 2.41. The highest BCUT2D eigenvalue weighted by molar-refractivity contribution is 5.40. The Labute approximate surface area is 97.3 Å². The summed E-state index contributed by atoms with van der Waals surface area (Å²) < 4.78 is 0. The van der Waals surface area contributed by atoms with E-state index in [0.717, 1.165) is 31.9 Å². The first-order valence-electron chi connectivity index (χ1n) is 5.62. The van der Waals surface area contributed by atoms with Crippen LogP contribution in [-0.2, 0) is 0 Å². The average molecular weight is 223 g/mol. The molecule has 0 aliphatic rings. The van der Waals surface area contributed by atoms with Gasteiger partial charge in [0, 0.05) is 13.1 Å². The van der Waals surface area contributed by atoms with Gasteiger partial charge in [-0.25, -0.2) is 0 Å². The topological polar surface area (TPSA) is 58.3 Å². The molecule has 0 fully saturated rings. The summed E-state index contributed by atoms with van der Waals surface area (Å²) in [4.78, 5) is 4.39. The fraction of sp³-hybridized carbons (Fsp3) is 0.636. The van der Waals surface area contributed by atoms with E-state index in [1.54, 1.807) is 6.07 Å². The first kappa shape index (κ1) is 12.7. The molecule has 0 radical (unpaired) electrons. The summed E-state index contributed by atoms with van der Waals surface area (Å²) >= 11 is 0. The number of nitrogens with two attached hydrogens (primary N) is 1. The van der Waals surface area contributed by atoms with E-state index in [-0.39, 0.29) is 0 Å². The zero-order valence-electron chi connectivity index (χ0n) is 10.3. The van der Waals surface area contributed by atoms with Gasteiger partial charge < -0.3 is 15.5 Å². The molecule has 0 saturated carbocycles. The lowest BCUT2D eigenvalue weighted by Crippen LogP contribution is -2.27. The number of nitrogens with zero attached hydrogens (tertiary/aromatic N) is 4. The Kier molecular flexibility index (Phi) is 4.98. The Morgan fingerprint density at radius 2 is 1.94 bits per heavy atom. The van der Waals surface area contributed by atoms with Crippen molar-refractivity contribution in [3.63, 3.8) is 0 Å². The maximum Gasteiger partial charge on any atom is 0.151 e. The van der Waals surface area contributed by atoms with Crippen LogP contribution in [0, 0.1) is 0 Å². The van der Waals surface area contributed by atoms with E-state index in [1.807, 2.05) is 6.07 Å². The number of anilines is 2. The number of aromatic nitrogens is 2. The monoisotopic (exact) mass is 223 g/mol. The molecule has 0 aromatic carbocycles. The van der Waals surface area contributed by atoms with Crippen LogP contribution >= 0.6 is 0 Å². The molecule has 0 aliphatic heterocycles. The van der Waals surface area contributed by atoms with Crippen molar-refractivity contribution in [2.45, 2.75) is 13.3 Å². The summed E-state index contributed by atoms with van der Waals surface area (Å²) in [6.45, 7) is 5.13. The predicted molar refractivity (Wildman–Crippen MR) is 67.5 cm³/mol. The van der Waals surface area contributed by atoms with Crippen LogP contribution in [0.15, 0.2) is 12.1 Å². The van der Waals surface area contributed by atoms with Gasteiger partial charge in [-0.2, -0.15) is 0 Å². The van der Waals surface area contributed by atoms with Crippen molar-refractivity contribution in [2.24, 2.45) is 0 Å². The molecule has 1 aromatic heterocycles. The van der Waals surface area contributed by atoms with Gasteiger partial charge in [0.1, 0.15) is 5.82 Å². The van der Waals surface area contributed by atoms with E-state index in [0.29, 0.717) is 5.82 Å². The van der Waals surface area contributed by atoms with Crippen molar-refractivity contribution in [1.29, 1.82) is 0 Å². The van der Waals surface area contributed by atoms with Gasteiger partial charge in [0.05, 0.1) is 0 Å². The minimum atomic E-state index is 0.466. The van der Waals surface area contributed by atoms with E-state index in [2.05, 4.69) is 41.0 Å². The normalized spacial score (nSPS) is 10.8. The number of nitrogen functional groups attached to an aromatic ring is 1. The lowest BCUT2D eigenvalue weighted by Gasteiger charge is -2.22. The Balaban J connectivity index is 2.50. The molecule has 0 saturated heterocycles. The van der Waals surface area contributed by atoms with Gasteiger partial charge in [0.2, 0.25) is 0 Å². The molecule has 1 heterocycles. The fourth-order valence-corrected chi connectivity index (χ4v) is 1.52. The standard InChI is InChI=1S/C11H21N5/c1-4-16(9-5-8-15(2)3)11-7-6-10(12)13-14-11/h6-7H,4-5,8-9H2,1-3H3,(H2,12,13). The number of hydrogen-bond donors (Lipinski definition) is 1. The van der Waals surface area contributed by atoms with Gasteiger partial charge in [-0.1, -0.05) is 0 Å². The first-order valence-corrected chi connectivity index (χ1v) is 5.62. The highest BCUT2D eigenvalue weighted by atomic mass is 15.3. The largest absolute Gasteiger partial charge is 0.382 e. The molecule has 5 nitrogen and oxygen atoms in total. The summed E-state index contributed by atoms with van der Waals surface area (Å²) in [7, 11) is 4.17. The Hall–Kier alpha value is -1.36. The molecule has 0 aliphatic carbocycles. The van der Waals surface area contributed by atoms with Crippen LogP contribution in [0.25, 0.3) is 0 Å². The lowest BCUT2D eigenvalue weighted by molar-refractivity contribution is 0.400. The van der Waals surface area contributed by atoms with Crippen molar-refractivity contribution in [3.05, 3.63) is 12.1 Å². The lowest BCUT2D eigenvalue weighted by atomic mass is 10.3. The summed E-state index contributed by atoms with van der Waals surface area (Å²) in [5.74, 6) is 1.36. The second kappa shape index (κ2) is 6.27. The molecule has 16 heavy (non-hydrogen) atoms. The van der Waals surface area contributed by atoms with Gasteiger partial charge in [-0.3, -0.25) is 0 Å². The maximum absolute atomic E-state index is 5.51. The Bertz CT molecular complexity index is 296. The van der Waals surface area contributed by atoms with E-state index in [1.165, 1.54) is 0 Å². The molecule has 0 bridgehead atoms. The van der Waals surface area contributed by atoms with Gasteiger partial charge in [0.15, 0.2) is 5.82 Å². The number of hydrogen-bond acceptors (Lipinski definition) is 5. The molecule has 0 unspecified atom stereocenters. The van der Waals surface area contributed by atoms with E-state index < -0.39 is 0 Å². The van der Waals surface area contributed by atoms with E-state index >= 15 is 0 Å². The second-order valence-corrected chi connectivity index (χ2v) is 4.05. The van der Waals surface area contributed by atoms with Crippen molar-refractivity contribution in [2.75, 3.05) is 44.4 Å². The van der Waals surface area contributed by atoms with Crippen LogP contribution in [0.1, 0.15) is 13.3 Å². The fourth-order valence-electron chi connectivity index (χ4n) is 1.52. The zero-order valence-corrected chi connectivity index (χ0v) is 10.3. The molecule has 5 heteroatoms. The second-order valence-electron chi connectivity index (χ2n) is 4.05. The predicted octanol–water partition coefficient (Wildman–Crippen LogP) is 0.837. The molecule has 1 aromatic rings. The average Bonchev–Trinajstić information content (AvgIpc) is 2.26. The van der Waals surface area contributed by atoms with Gasteiger partial charge in [-0.05, 0) is 46.1 Å². The molecule has 0 spiro atoms. The van der Waals surface area contributed by atoms with Crippen molar-refractivity contribution in [1.82, 2.24) is 15.1 Å². The minimum absolute atomic E-state index is 0.466. The van der Waals surface area contributed by atoms with Crippen molar-refractivity contribution < 1.29 is 0 Å². The quantitative estimate of drug-likeness (QED) is 0.774. The molecule has 2 N–H and O–H groups in total.